The highest BCUT2D eigenvalue weighted by atomic mass is 32.1. The molecule has 1 aromatic carbocycles. The minimum Gasteiger partial charge on any atom is -0.492 e. The molecule has 34 heavy (non-hydrogen) atoms. The van der Waals surface area contributed by atoms with Crippen LogP contribution in [0.2, 0.25) is 0 Å². The Morgan fingerprint density at radius 3 is 3.09 bits per heavy atom. The van der Waals surface area contributed by atoms with Gasteiger partial charge in [-0.25, -0.2) is 9.97 Å². The number of carbonyl (C=O) groups excluding carboxylic acids is 1. The van der Waals surface area contributed by atoms with Crippen LogP contribution in [0.5, 0.6) is 5.75 Å². The Balaban J connectivity index is 1.31. The van der Waals surface area contributed by atoms with Crippen molar-refractivity contribution in [2.24, 2.45) is 11.8 Å². The summed E-state index contributed by atoms with van der Waals surface area (Å²) in [6.45, 7) is 3.63. The van der Waals surface area contributed by atoms with E-state index >= 15 is 0 Å². The molecule has 10 heteroatoms. The third-order valence-corrected chi connectivity index (χ3v) is 7.83. The number of nitriles is 1. The van der Waals surface area contributed by atoms with Crippen molar-refractivity contribution in [1.29, 1.82) is 5.26 Å². The molecule has 0 radical (unpaired) electrons. The summed E-state index contributed by atoms with van der Waals surface area (Å²) < 4.78 is 5.87. The standard InChI is InChI=1S/C24H23N7O2S/c1-2-33-19-7-17-15(9-28-30-17)5-18(19)29-22-21-16-4-3-14(24(32)31-10-13(8-25)11-31)6-20(16)34-23(21)27-12-26-22/h5,7,9,12-14H,2-4,6,10-11H2,1H3,(H,28,30)(H,26,27,29)/t14-/m0/s1. The number of nitrogens with zero attached hydrogens (tertiary/aromatic N) is 5. The molecular weight excluding hydrogens is 450 g/mol. The minimum atomic E-state index is -0.0300. The fourth-order valence-electron chi connectivity index (χ4n) is 4.89. The van der Waals surface area contributed by atoms with Crippen LogP contribution < -0.4 is 10.1 Å². The largest absolute Gasteiger partial charge is 0.492 e. The molecule has 2 aliphatic rings. The number of aromatic nitrogens is 4. The van der Waals surface area contributed by atoms with Gasteiger partial charge in [-0.1, -0.05) is 0 Å². The summed E-state index contributed by atoms with van der Waals surface area (Å²) in [4.78, 5) is 26.0. The Kier molecular flexibility index (Phi) is 5.07. The quantitative estimate of drug-likeness (QED) is 0.452. The molecule has 1 amide bonds. The fourth-order valence-corrected chi connectivity index (χ4v) is 6.15. The lowest BCUT2D eigenvalue weighted by Gasteiger charge is -2.38. The lowest BCUT2D eigenvalue weighted by Crippen LogP contribution is -2.52. The Bertz CT molecular complexity index is 1450. The van der Waals surface area contributed by atoms with Gasteiger partial charge < -0.3 is 15.0 Å². The van der Waals surface area contributed by atoms with Crippen molar-refractivity contribution in [1.82, 2.24) is 25.1 Å². The van der Waals surface area contributed by atoms with Gasteiger partial charge in [0.1, 0.15) is 22.7 Å². The number of benzene rings is 1. The summed E-state index contributed by atoms with van der Waals surface area (Å²) >= 11 is 1.65. The van der Waals surface area contributed by atoms with E-state index in [1.807, 2.05) is 24.0 Å². The van der Waals surface area contributed by atoms with E-state index in [2.05, 4.69) is 31.6 Å². The van der Waals surface area contributed by atoms with Crippen LogP contribution in [0.15, 0.2) is 24.7 Å². The zero-order valence-corrected chi connectivity index (χ0v) is 19.5. The molecule has 0 unspecified atom stereocenters. The number of aromatic amines is 1. The Morgan fingerprint density at radius 1 is 1.38 bits per heavy atom. The highest BCUT2D eigenvalue weighted by molar-refractivity contribution is 7.19. The molecule has 4 heterocycles. The van der Waals surface area contributed by atoms with Crippen LogP contribution in [0.4, 0.5) is 11.5 Å². The summed E-state index contributed by atoms with van der Waals surface area (Å²) in [6, 6.07) is 6.19. The first-order valence-electron chi connectivity index (χ1n) is 11.4. The molecule has 0 saturated carbocycles. The van der Waals surface area contributed by atoms with Crippen LogP contribution in [0.1, 0.15) is 23.8 Å². The SMILES string of the molecule is CCOc1cc2[nH]ncc2cc1Nc1ncnc2sc3c(c12)CC[C@H](C(=O)N1CC(C#N)C1)C3. The van der Waals surface area contributed by atoms with Crippen molar-refractivity contribution < 1.29 is 9.53 Å². The number of ether oxygens (including phenoxy) is 1. The van der Waals surface area contributed by atoms with Crippen LogP contribution in [0.25, 0.3) is 21.1 Å². The normalized spacial score (nSPS) is 17.9. The van der Waals surface area contributed by atoms with E-state index in [-0.39, 0.29) is 17.7 Å². The average Bonchev–Trinajstić information content (AvgIpc) is 3.42. The minimum absolute atomic E-state index is 0.0146. The van der Waals surface area contributed by atoms with Crippen molar-refractivity contribution in [3.05, 3.63) is 35.1 Å². The zero-order valence-electron chi connectivity index (χ0n) is 18.7. The van der Waals surface area contributed by atoms with E-state index in [4.69, 9.17) is 10.00 Å². The van der Waals surface area contributed by atoms with Crippen LogP contribution >= 0.6 is 11.3 Å². The lowest BCUT2D eigenvalue weighted by molar-refractivity contribution is -0.141. The molecule has 1 aliphatic heterocycles. The number of nitrogens with one attached hydrogen (secondary N) is 2. The van der Waals surface area contributed by atoms with Crippen LogP contribution in [-0.4, -0.2) is 50.7 Å². The molecule has 1 fully saturated rings. The summed E-state index contributed by atoms with van der Waals surface area (Å²) in [5.74, 6) is 1.60. The molecule has 2 N–H and O–H groups in total. The predicted molar refractivity (Wildman–Crippen MR) is 129 cm³/mol. The van der Waals surface area contributed by atoms with Gasteiger partial charge in [0.25, 0.3) is 0 Å². The number of amides is 1. The number of hydrogen-bond donors (Lipinski definition) is 2. The Morgan fingerprint density at radius 2 is 2.26 bits per heavy atom. The molecule has 172 valence electrons. The van der Waals surface area contributed by atoms with Crippen molar-refractivity contribution in [3.63, 3.8) is 0 Å². The summed E-state index contributed by atoms with van der Waals surface area (Å²) in [6.07, 6.45) is 5.68. The number of fused-ring (bicyclic) bond motifs is 4. The smallest absolute Gasteiger partial charge is 0.226 e. The van der Waals surface area contributed by atoms with Crippen LogP contribution in [0, 0.1) is 23.2 Å². The van der Waals surface area contributed by atoms with Gasteiger partial charge in [0.2, 0.25) is 5.91 Å². The number of aryl methyl sites for hydroxylation is 1. The van der Waals surface area contributed by atoms with Crippen molar-refractivity contribution in [3.8, 4) is 11.8 Å². The van der Waals surface area contributed by atoms with Crippen LogP contribution in [0.3, 0.4) is 0 Å². The molecule has 0 spiro atoms. The van der Waals surface area contributed by atoms with Crippen molar-refractivity contribution >= 4 is 49.9 Å². The number of H-pyrrole nitrogens is 1. The molecule has 0 bridgehead atoms. The molecule has 1 atom stereocenters. The highest BCUT2D eigenvalue weighted by Gasteiger charge is 2.37. The number of hydrogen-bond acceptors (Lipinski definition) is 8. The number of carbonyl (C=O) groups is 1. The number of likely N-dealkylation sites (tertiary alicyclic amines) is 1. The number of thiophene rings is 1. The molecule has 6 rings (SSSR count). The monoisotopic (exact) mass is 473 g/mol. The van der Waals surface area contributed by atoms with Gasteiger partial charge in [0, 0.05) is 35.3 Å². The van der Waals surface area contributed by atoms with Gasteiger partial charge in [-0.15, -0.1) is 11.3 Å². The fraction of sp³-hybridized carbons (Fsp3) is 0.375. The second-order valence-electron chi connectivity index (χ2n) is 8.78. The molecule has 1 aliphatic carbocycles. The first kappa shape index (κ1) is 20.9. The molecule has 4 aromatic rings. The molecule has 3 aromatic heterocycles. The van der Waals surface area contributed by atoms with E-state index in [1.165, 1.54) is 10.4 Å². The van der Waals surface area contributed by atoms with Gasteiger partial charge in [0.05, 0.1) is 41.4 Å². The predicted octanol–water partition coefficient (Wildman–Crippen LogP) is 3.80. The maximum absolute atomic E-state index is 12.9. The van der Waals surface area contributed by atoms with E-state index < -0.39 is 0 Å². The van der Waals surface area contributed by atoms with Gasteiger partial charge in [-0.3, -0.25) is 9.89 Å². The zero-order chi connectivity index (χ0) is 23.2. The van der Waals surface area contributed by atoms with Crippen molar-refractivity contribution in [2.75, 3.05) is 25.0 Å². The molecule has 1 saturated heterocycles. The second kappa shape index (κ2) is 8.25. The molecular formula is C24H23N7O2S. The maximum atomic E-state index is 12.9. The summed E-state index contributed by atoms with van der Waals surface area (Å²) in [7, 11) is 0. The van der Waals surface area contributed by atoms with Gasteiger partial charge >= 0.3 is 0 Å². The number of rotatable bonds is 5. The van der Waals surface area contributed by atoms with Gasteiger partial charge in [-0.2, -0.15) is 10.4 Å². The van der Waals surface area contributed by atoms with Crippen LogP contribution in [-0.2, 0) is 17.6 Å². The first-order valence-corrected chi connectivity index (χ1v) is 12.3. The van der Waals surface area contributed by atoms with E-state index in [0.29, 0.717) is 26.1 Å². The second-order valence-corrected chi connectivity index (χ2v) is 9.86. The summed E-state index contributed by atoms with van der Waals surface area (Å²) in [5, 5.41) is 21.6. The van der Waals surface area contributed by atoms with Crippen molar-refractivity contribution in [2.45, 2.75) is 26.2 Å². The first-order chi connectivity index (χ1) is 16.6. The Labute approximate surface area is 199 Å². The maximum Gasteiger partial charge on any atom is 0.226 e. The van der Waals surface area contributed by atoms with E-state index in [1.54, 1.807) is 23.9 Å². The third-order valence-electron chi connectivity index (χ3n) is 6.66. The highest BCUT2D eigenvalue weighted by Crippen LogP contribution is 2.42. The topological polar surface area (TPSA) is 120 Å². The molecule has 9 nitrogen and oxygen atoms in total. The lowest BCUT2D eigenvalue weighted by atomic mass is 9.85. The Hall–Kier alpha value is -3.71. The van der Waals surface area contributed by atoms with Gasteiger partial charge in [-0.05, 0) is 37.8 Å². The third kappa shape index (κ3) is 3.44. The summed E-state index contributed by atoms with van der Waals surface area (Å²) in [5.41, 5.74) is 2.96. The van der Waals surface area contributed by atoms with Gasteiger partial charge in [0.15, 0.2) is 0 Å². The number of anilines is 2. The average molecular weight is 474 g/mol. The van der Waals surface area contributed by atoms with E-state index in [0.717, 1.165) is 51.2 Å². The van der Waals surface area contributed by atoms with E-state index in [9.17, 15) is 4.79 Å².